The predicted molar refractivity (Wildman–Crippen MR) is 80.0 cm³/mol. The molecule has 0 saturated carbocycles. The minimum absolute atomic E-state index is 0.0151. The van der Waals surface area contributed by atoms with Crippen LogP contribution in [0.1, 0.15) is 34.9 Å². The molecule has 3 heterocycles. The molecule has 116 valence electrons. The van der Waals surface area contributed by atoms with Gasteiger partial charge in [-0.05, 0) is 30.9 Å². The van der Waals surface area contributed by atoms with Crippen molar-refractivity contribution in [1.82, 2.24) is 20.0 Å². The molecule has 1 aliphatic rings. The van der Waals surface area contributed by atoms with Crippen LogP contribution in [0.4, 0.5) is 5.82 Å². The first kappa shape index (κ1) is 14.5. The van der Waals surface area contributed by atoms with Gasteiger partial charge in [0, 0.05) is 32.6 Å². The lowest BCUT2D eigenvalue weighted by Gasteiger charge is -2.31. The van der Waals surface area contributed by atoms with Crippen LogP contribution in [0.2, 0.25) is 0 Å². The molecule has 0 radical (unpaired) electrons. The van der Waals surface area contributed by atoms with Crippen LogP contribution < -0.4 is 5.73 Å². The van der Waals surface area contributed by atoms with Crippen LogP contribution in [0.5, 0.6) is 0 Å². The fourth-order valence-corrected chi connectivity index (χ4v) is 2.74. The van der Waals surface area contributed by atoms with Gasteiger partial charge in [0.15, 0.2) is 5.82 Å². The summed E-state index contributed by atoms with van der Waals surface area (Å²) < 4.78 is 4.99. The highest BCUT2D eigenvalue weighted by Gasteiger charge is 2.25. The van der Waals surface area contributed by atoms with E-state index in [1.165, 1.54) is 6.20 Å². The van der Waals surface area contributed by atoms with Gasteiger partial charge in [-0.2, -0.15) is 4.98 Å². The number of hydrogen-bond donors (Lipinski definition) is 1. The van der Waals surface area contributed by atoms with Crippen LogP contribution in [0.15, 0.2) is 22.9 Å². The minimum Gasteiger partial charge on any atom is -0.384 e. The molecule has 1 saturated heterocycles. The number of pyridine rings is 1. The highest BCUT2D eigenvalue weighted by molar-refractivity contribution is 5.94. The van der Waals surface area contributed by atoms with Crippen LogP contribution in [0.25, 0.3) is 0 Å². The summed E-state index contributed by atoms with van der Waals surface area (Å²) in [6, 6.07) is 3.37. The van der Waals surface area contributed by atoms with E-state index in [0.717, 1.165) is 38.2 Å². The van der Waals surface area contributed by atoms with Crippen molar-refractivity contribution in [3.63, 3.8) is 0 Å². The van der Waals surface area contributed by atoms with Crippen LogP contribution >= 0.6 is 0 Å². The SMILES string of the molecule is Cc1nc(CC2CCN(C(=O)c3ccc(N)nc3)CC2)no1. The number of nitrogens with zero attached hydrogens (tertiary/aromatic N) is 4. The third-order valence-corrected chi connectivity index (χ3v) is 3.98. The molecular weight excluding hydrogens is 282 g/mol. The van der Waals surface area contributed by atoms with Gasteiger partial charge < -0.3 is 15.2 Å². The molecule has 0 aromatic carbocycles. The van der Waals surface area contributed by atoms with Gasteiger partial charge in [-0.1, -0.05) is 5.16 Å². The van der Waals surface area contributed by atoms with Crippen molar-refractivity contribution < 1.29 is 9.32 Å². The van der Waals surface area contributed by atoms with Crippen LogP contribution in [-0.4, -0.2) is 39.0 Å². The molecule has 0 aliphatic carbocycles. The molecule has 0 bridgehead atoms. The molecule has 7 nitrogen and oxygen atoms in total. The molecule has 0 spiro atoms. The Labute approximate surface area is 128 Å². The predicted octanol–water partition coefficient (Wildman–Crippen LogP) is 1.45. The number of carbonyl (C=O) groups is 1. The summed E-state index contributed by atoms with van der Waals surface area (Å²) in [6.45, 7) is 3.27. The van der Waals surface area contributed by atoms with Crippen molar-refractivity contribution in [1.29, 1.82) is 0 Å². The molecule has 0 atom stereocenters. The summed E-state index contributed by atoms with van der Waals surface area (Å²) in [7, 11) is 0. The lowest BCUT2D eigenvalue weighted by molar-refractivity contribution is 0.0689. The largest absolute Gasteiger partial charge is 0.384 e. The summed E-state index contributed by atoms with van der Waals surface area (Å²) in [4.78, 5) is 22.5. The maximum Gasteiger partial charge on any atom is 0.255 e. The minimum atomic E-state index is 0.0151. The van der Waals surface area contributed by atoms with Crippen molar-refractivity contribution in [2.24, 2.45) is 5.92 Å². The van der Waals surface area contributed by atoms with Crippen molar-refractivity contribution in [2.75, 3.05) is 18.8 Å². The van der Waals surface area contributed by atoms with E-state index in [0.29, 0.717) is 23.2 Å². The molecule has 1 fully saturated rings. The Bertz CT molecular complexity index is 644. The van der Waals surface area contributed by atoms with Crippen LogP contribution in [-0.2, 0) is 6.42 Å². The second kappa shape index (κ2) is 6.13. The first-order valence-corrected chi connectivity index (χ1v) is 7.42. The molecule has 0 unspecified atom stereocenters. The van der Waals surface area contributed by atoms with Gasteiger partial charge in [-0.15, -0.1) is 0 Å². The van der Waals surface area contributed by atoms with Gasteiger partial charge in [0.1, 0.15) is 5.82 Å². The Hall–Kier alpha value is -2.44. The number of carbonyl (C=O) groups excluding carboxylic acids is 1. The number of aryl methyl sites for hydroxylation is 1. The van der Waals surface area contributed by atoms with Gasteiger partial charge in [0.25, 0.3) is 5.91 Å². The molecule has 1 aliphatic heterocycles. The summed E-state index contributed by atoms with van der Waals surface area (Å²) in [5, 5.41) is 3.93. The number of piperidine rings is 1. The van der Waals surface area contributed by atoms with Crippen molar-refractivity contribution in [3.8, 4) is 0 Å². The average molecular weight is 301 g/mol. The molecular formula is C15H19N5O2. The number of amides is 1. The first-order valence-electron chi connectivity index (χ1n) is 7.42. The molecule has 2 N–H and O–H groups in total. The number of aromatic nitrogens is 3. The lowest BCUT2D eigenvalue weighted by atomic mass is 9.93. The van der Waals surface area contributed by atoms with E-state index in [1.807, 2.05) is 4.90 Å². The van der Waals surface area contributed by atoms with E-state index in [2.05, 4.69) is 15.1 Å². The lowest BCUT2D eigenvalue weighted by Crippen LogP contribution is -2.39. The van der Waals surface area contributed by atoms with Crippen molar-refractivity contribution >= 4 is 11.7 Å². The number of anilines is 1. The monoisotopic (exact) mass is 301 g/mol. The molecule has 22 heavy (non-hydrogen) atoms. The summed E-state index contributed by atoms with van der Waals surface area (Å²) in [5.74, 6) is 2.28. The van der Waals surface area contributed by atoms with Crippen molar-refractivity contribution in [3.05, 3.63) is 35.6 Å². The third kappa shape index (κ3) is 3.24. The Morgan fingerprint density at radius 1 is 1.41 bits per heavy atom. The van der Waals surface area contributed by atoms with E-state index in [4.69, 9.17) is 10.3 Å². The van der Waals surface area contributed by atoms with Gasteiger partial charge in [0.05, 0.1) is 5.56 Å². The zero-order chi connectivity index (χ0) is 15.5. The molecule has 1 amide bonds. The standard InChI is InChI=1S/C15H19N5O2/c1-10-18-14(19-22-10)8-11-4-6-20(7-5-11)15(21)12-2-3-13(16)17-9-12/h2-3,9,11H,4-8H2,1H3,(H2,16,17). The number of likely N-dealkylation sites (tertiary alicyclic amines) is 1. The topological polar surface area (TPSA) is 98.1 Å². The van der Waals surface area contributed by atoms with Crippen LogP contribution in [0, 0.1) is 12.8 Å². The van der Waals surface area contributed by atoms with Gasteiger partial charge in [-0.25, -0.2) is 4.98 Å². The highest BCUT2D eigenvalue weighted by Crippen LogP contribution is 2.22. The molecule has 2 aromatic heterocycles. The fourth-order valence-electron chi connectivity index (χ4n) is 2.74. The Morgan fingerprint density at radius 2 is 2.18 bits per heavy atom. The quantitative estimate of drug-likeness (QED) is 0.921. The van der Waals surface area contributed by atoms with Gasteiger partial charge in [0.2, 0.25) is 5.89 Å². The van der Waals surface area contributed by atoms with Crippen molar-refractivity contribution in [2.45, 2.75) is 26.2 Å². The maximum absolute atomic E-state index is 12.4. The van der Waals surface area contributed by atoms with E-state index < -0.39 is 0 Å². The second-order valence-electron chi connectivity index (χ2n) is 5.64. The number of nitrogens with two attached hydrogens (primary N) is 1. The number of hydrogen-bond acceptors (Lipinski definition) is 6. The Morgan fingerprint density at radius 3 is 2.77 bits per heavy atom. The molecule has 2 aromatic rings. The van der Waals surface area contributed by atoms with Gasteiger partial charge >= 0.3 is 0 Å². The molecule has 7 heteroatoms. The third-order valence-electron chi connectivity index (χ3n) is 3.98. The zero-order valence-electron chi connectivity index (χ0n) is 12.5. The Kier molecular flexibility index (Phi) is 4.04. The fraction of sp³-hybridized carbons (Fsp3) is 0.467. The summed E-state index contributed by atoms with van der Waals surface area (Å²) in [6.07, 6.45) is 4.23. The van der Waals surface area contributed by atoms with E-state index in [-0.39, 0.29) is 5.91 Å². The number of rotatable bonds is 3. The van der Waals surface area contributed by atoms with Gasteiger partial charge in [-0.3, -0.25) is 4.79 Å². The maximum atomic E-state index is 12.4. The number of nitrogen functional groups attached to an aromatic ring is 1. The van der Waals surface area contributed by atoms with E-state index in [1.54, 1.807) is 19.1 Å². The zero-order valence-corrected chi connectivity index (χ0v) is 12.5. The van der Waals surface area contributed by atoms with E-state index >= 15 is 0 Å². The Balaban J connectivity index is 1.55. The second-order valence-corrected chi connectivity index (χ2v) is 5.64. The normalized spacial score (nSPS) is 16.0. The summed E-state index contributed by atoms with van der Waals surface area (Å²) >= 11 is 0. The van der Waals surface area contributed by atoms with Crippen LogP contribution in [0.3, 0.4) is 0 Å². The summed E-state index contributed by atoms with van der Waals surface area (Å²) in [5.41, 5.74) is 6.13. The smallest absolute Gasteiger partial charge is 0.255 e. The highest BCUT2D eigenvalue weighted by atomic mass is 16.5. The van der Waals surface area contributed by atoms with E-state index in [9.17, 15) is 4.79 Å². The average Bonchev–Trinajstić information content (AvgIpc) is 2.93. The molecule has 3 rings (SSSR count). The first-order chi connectivity index (χ1) is 10.6.